The first-order valence-corrected chi connectivity index (χ1v) is 8.13. The summed E-state index contributed by atoms with van der Waals surface area (Å²) in [7, 11) is 1.74. The van der Waals surface area contributed by atoms with E-state index >= 15 is 0 Å². The van der Waals surface area contributed by atoms with Gasteiger partial charge in [0.2, 0.25) is 0 Å². The molecule has 1 saturated heterocycles. The molecule has 0 N–H and O–H groups in total. The maximum Gasteiger partial charge on any atom is 0.329 e. The zero-order valence-electron chi connectivity index (χ0n) is 13.3. The van der Waals surface area contributed by atoms with E-state index in [1.54, 1.807) is 23.7 Å². The van der Waals surface area contributed by atoms with Crippen LogP contribution in [-0.4, -0.2) is 38.9 Å². The Labute approximate surface area is 144 Å². The van der Waals surface area contributed by atoms with Gasteiger partial charge in [0.15, 0.2) is 5.76 Å². The first kappa shape index (κ1) is 16.6. The number of ether oxygens (including phenoxy) is 1. The third-order valence-corrected chi connectivity index (χ3v) is 4.49. The topological polar surface area (TPSA) is 77.6 Å². The molecular weight excluding hydrogens is 334 g/mol. The second-order valence-corrected chi connectivity index (χ2v) is 6.04. The number of carbonyl (C=O) groups is 2. The van der Waals surface area contributed by atoms with E-state index in [0.717, 1.165) is 12.8 Å². The van der Waals surface area contributed by atoms with E-state index in [2.05, 4.69) is 4.98 Å². The number of hydrogen-bond donors (Lipinski definition) is 0. The number of carbonyl (C=O) groups excluding carboxylic acids is 2. The Morgan fingerprint density at radius 2 is 2.29 bits per heavy atom. The minimum Gasteiger partial charge on any atom is -0.459 e. The van der Waals surface area contributed by atoms with E-state index in [-0.39, 0.29) is 18.3 Å². The van der Waals surface area contributed by atoms with Gasteiger partial charge in [-0.05, 0) is 31.4 Å². The van der Waals surface area contributed by atoms with Gasteiger partial charge in [-0.1, -0.05) is 11.6 Å². The highest BCUT2D eigenvalue weighted by Gasteiger charge is 2.34. The highest BCUT2D eigenvalue weighted by molar-refractivity contribution is 6.29. The quantitative estimate of drug-likeness (QED) is 0.790. The van der Waals surface area contributed by atoms with E-state index in [1.807, 2.05) is 0 Å². The van der Waals surface area contributed by atoms with Crippen molar-refractivity contribution < 1.29 is 18.7 Å². The molecule has 0 saturated carbocycles. The number of piperidine rings is 1. The molecule has 0 bridgehead atoms. The lowest BCUT2D eigenvalue weighted by Crippen LogP contribution is -2.48. The average molecular weight is 352 g/mol. The Balaban J connectivity index is 1.67. The van der Waals surface area contributed by atoms with Gasteiger partial charge >= 0.3 is 5.97 Å². The van der Waals surface area contributed by atoms with Crippen molar-refractivity contribution in [3.05, 3.63) is 41.3 Å². The summed E-state index contributed by atoms with van der Waals surface area (Å²) >= 11 is 5.91. The van der Waals surface area contributed by atoms with Crippen molar-refractivity contribution in [2.75, 3.05) is 6.54 Å². The number of rotatable bonds is 4. The van der Waals surface area contributed by atoms with Gasteiger partial charge in [0, 0.05) is 13.6 Å². The largest absolute Gasteiger partial charge is 0.459 e. The third kappa shape index (κ3) is 3.31. The van der Waals surface area contributed by atoms with Crippen molar-refractivity contribution >= 4 is 23.5 Å². The SMILES string of the molecule is Cn1c(Cl)cnc1COC(=O)[C@@H]1CCCCN1C(=O)c1ccco1. The van der Waals surface area contributed by atoms with Crippen molar-refractivity contribution in [3.63, 3.8) is 0 Å². The molecule has 7 nitrogen and oxygen atoms in total. The van der Waals surface area contributed by atoms with Crippen LogP contribution < -0.4 is 0 Å². The summed E-state index contributed by atoms with van der Waals surface area (Å²) in [5.41, 5.74) is 0. The molecule has 0 aromatic carbocycles. The van der Waals surface area contributed by atoms with E-state index in [4.69, 9.17) is 20.8 Å². The lowest BCUT2D eigenvalue weighted by atomic mass is 10.0. The van der Waals surface area contributed by atoms with Crippen LogP contribution in [0.15, 0.2) is 29.0 Å². The average Bonchev–Trinajstić information content (AvgIpc) is 3.24. The fraction of sp³-hybridized carbons (Fsp3) is 0.438. The molecule has 3 rings (SSSR count). The fourth-order valence-corrected chi connectivity index (χ4v) is 2.90. The highest BCUT2D eigenvalue weighted by atomic mass is 35.5. The standard InChI is InChI=1S/C16H18ClN3O4/c1-19-13(17)9-18-14(19)10-24-16(22)11-5-2-3-7-20(11)15(21)12-6-4-8-23-12/h4,6,8-9,11H,2-3,5,7,10H2,1H3/t11-/m0/s1. The van der Waals surface area contributed by atoms with Gasteiger partial charge in [0.05, 0.1) is 12.5 Å². The molecule has 128 valence electrons. The van der Waals surface area contributed by atoms with Crippen LogP contribution in [0, 0.1) is 0 Å². The molecule has 1 fully saturated rings. The molecule has 1 aliphatic rings. The van der Waals surface area contributed by atoms with Gasteiger partial charge in [-0.3, -0.25) is 4.79 Å². The smallest absolute Gasteiger partial charge is 0.329 e. The summed E-state index contributed by atoms with van der Waals surface area (Å²) in [5, 5.41) is 0.466. The van der Waals surface area contributed by atoms with E-state index < -0.39 is 12.0 Å². The van der Waals surface area contributed by atoms with Crippen LogP contribution in [0.4, 0.5) is 0 Å². The van der Waals surface area contributed by atoms with Gasteiger partial charge < -0.3 is 18.6 Å². The molecule has 3 heterocycles. The molecule has 1 aliphatic heterocycles. The minimum absolute atomic E-state index is 0.0152. The molecule has 1 atom stereocenters. The predicted molar refractivity (Wildman–Crippen MR) is 85.4 cm³/mol. The number of nitrogens with zero attached hydrogens (tertiary/aromatic N) is 3. The van der Waals surface area contributed by atoms with Crippen molar-refractivity contribution in [1.82, 2.24) is 14.5 Å². The molecule has 0 aliphatic carbocycles. The van der Waals surface area contributed by atoms with Gasteiger partial charge in [0.25, 0.3) is 5.91 Å². The molecular formula is C16H18ClN3O4. The molecule has 1 amide bonds. The lowest BCUT2D eigenvalue weighted by Gasteiger charge is -2.33. The molecule has 8 heteroatoms. The fourth-order valence-electron chi connectivity index (χ4n) is 2.75. The van der Waals surface area contributed by atoms with Gasteiger partial charge in [0.1, 0.15) is 23.6 Å². The van der Waals surface area contributed by atoms with Crippen LogP contribution in [0.25, 0.3) is 0 Å². The Morgan fingerprint density at radius 1 is 1.46 bits per heavy atom. The number of hydrogen-bond acceptors (Lipinski definition) is 5. The van der Waals surface area contributed by atoms with E-state index in [1.165, 1.54) is 17.4 Å². The van der Waals surface area contributed by atoms with Gasteiger partial charge in [-0.15, -0.1) is 0 Å². The second kappa shape index (κ2) is 7.09. The predicted octanol–water partition coefficient (Wildman–Crippen LogP) is 2.40. The van der Waals surface area contributed by atoms with Crippen LogP contribution >= 0.6 is 11.6 Å². The monoisotopic (exact) mass is 351 g/mol. The van der Waals surface area contributed by atoms with Crippen LogP contribution in [0.5, 0.6) is 0 Å². The number of likely N-dealkylation sites (tertiary alicyclic amines) is 1. The number of amides is 1. The first-order valence-electron chi connectivity index (χ1n) is 7.75. The minimum atomic E-state index is -0.605. The van der Waals surface area contributed by atoms with Crippen molar-refractivity contribution in [3.8, 4) is 0 Å². The molecule has 2 aromatic heterocycles. The number of halogens is 1. The first-order chi connectivity index (χ1) is 11.6. The summed E-state index contributed by atoms with van der Waals surface area (Å²) < 4.78 is 12.1. The molecule has 2 aromatic rings. The second-order valence-electron chi connectivity index (χ2n) is 5.65. The van der Waals surface area contributed by atoms with Gasteiger partial charge in [-0.25, -0.2) is 9.78 Å². The summed E-state index contributed by atoms with van der Waals surface area (Å²) in [6, 6.07) is 2.64. The zero-order valence-corrected chi connectivity index (χ0v) is 14.0. The Hall–Kier alpha value is -2.28. The van der Waals surface area contributed by atoms with Crippen LogP contribution in [0.1, 0.15) is 35.6 Å². The Kier molecular flexibility index (Phi) is 4.89. The number of esters is 1. The third-order valence-electron chi connectivity index (χ3n) is 4.14. The van der Waals surface area contributed by atoms with Crippen molar-refractivity contribution in [2.24, 2.45) is 7.05 Å². The zero-order chi connectivity index (χ0) is 17.1. The van der Waals surface area contributed by atoms with Crippen LogP contribution in [0.2, 0.25) is 5.15 Å². The molecule has 0 spiro atoms. The Bertz CT molecular complexity index is 726. The Morgan fingerprint density at radius 3 is 2.96 bits per heavy atom. The van der Waals surface area contributed by atoms with Crippen LogP contribution in [-0.2, 0) is 23.2 Å². The van der Waals surface area contributed by atoms with E-state index in [0.29, 0.717) is 23.9 Å². The normalized spacial score (nSPS) is 17.8. The molecule has 0 radical (unpaired) electrons. The number of furan rings is 1. The highest BCUT2D eigenvalue weighted by Crippen LogP contribution is 2.21. The maximum absolute atomic E-state index is 12.5. The lowest BCUT2D eigenvalue weighted by molar-refractivity contribution is -0.151. The summed E-state index contributed by atoms with van der Waals surface area (Å²) in [6.45, 7) is 0.523. The van der Waals surface area contributed by atoms with E-state index in [9.17, 15) is 9.59 Å². The summed E-state index contributed by atoms with van der Waals surface area (Å²) in [6.07, 6.45) is 5.24. The molecule has 0 unspecified atom stereocenters. The summed E-state index contributed by atoms with van der Waals surface area (Å²) in [5.74, 6) is 0.0501. The van der Waals surface area contributed by atoms with Crippen molar-refractivity contribution in [1.29, 1.82) is 0 Å². The maximum atomic E-state index is 12.5. The van der Waals surface area contributed by atoms with Gasteiger partial charge in [-0.2, -0.15) is 0 Å². The number of aromatic nitrogens is 2. The summed E-state index contributed by atoms with van der Waals surface area (Å²) in [4.78, 5) is 30.6. The number of imidazole rings is 1. The van der Waals surface area contributed by atoms with Crippen molar-refractivity contribution in [2.45, 2.75) is 31.9 Å². The molecule has 24 heavy (non-hydrogen) atoms. The van der Waals surface area contributed by atoms with Crippen LogP contribution in [0.3, 0.4) is 0 Å².